The number of pyridine rings is 1. The monoisotopic (exact) mass is 491 g/mol. The SMILES string of the molecule is COCC(NC(=O)c1ccn(C)c1)C(=O)Nc1nc(-c2cccc(-c3ccnc(OC)c3)c2)cs1. The zero-order chi connectivity index (χ0) is 24.8. The molecule has 180 valence electrons. The number of nitrogens with zero attached hydrogens (tertiary/aromatic N) is 3. The third-order valence-electron chi connectivity index (χ3n) is 5.22. The molecule has 1 aromatic carbocycles. The van der Waals surface area contributed by atoms with Crippen molar-refractivity contribution in [3.05, 3.63) is 72.0 Å². The van der Waals surface area contributed by atoms with Crippen LogP contribution in [-0.2, 0) is 16.6 Å². The Morgan fingerprint density at radius 1 is 1.11 bits per heavy atom. The molecule has 0 saturated heterocycles. The quantitative estimate of drug-likeness (QED) is 0.370. The van der Waals surface area contributed by atoms with Crippen LogP contribution >= 0.6 is 11.3 Å². The molecule has 1 atom stereocenters. The van der Waals surface area contributed by atoms with Crippen LogP contribution in [0.15, 0.2) is 66.4 Å². The first-order chi connectivity index (χ1) is 17.0. The summed E-state index contributed by atoms with van der Waals surface area (Å²) in [5, 5.41) is 7.80. The smallest absolute Gasteiger partial charge is 0.253 e. The maximum atomic E-state index is 12.9. The van der Waals surface area contributed by atoms with E-state index in [4.69, 9.17) is 9.47 Å². The van der Waals surface area contributed by atoms with Crippen molar-refractivity contribution >= 4 is 28.3 Å². The number of methoxy groups -OCH3 is 2. The molecule has 0 spiro atoms. The van der Waals surface area contributed by atoms with Crippen LogP contribution in [0.25, 0.3) is 22.4 Å². The first-order valence-corrected chi connectivity index (χ1v) is 11.6. The fraction of sp³-hybridized carbons (Fsp3) is 0.200. The number of carbonyl (C=O) groups is 2. The standard InChI is InChI=1S/C25H25N5O4S/c1-30-10-8-19(13-30)23(31)27-20(14-33-2)24(32)29-25-28-21(15-35-25)18-6-4-5-16(11-18)17-7-9-26-22(12-17)34-3/h4-13,15,20H,14H2,1-3H3,(H,27,31)(H,28,29,32). The van der Waals surface area contributed by atoms with Crippen LogP contribution in [0.3, 0.4) is 0 Å². The van der Waals surface area contributed by atoms with Gasteiger partial charge in [0.2, 0.25) is 5.88 Å². The Balaban J connectivity index is 1.47. The third-order valence-corrected chi connectivity index (χ3v) is 5.98. The van der Waals surface area contributed by atoms with Crippen molar-refractivity contribution in [3.8, 4) is 28.3 Å². The highest BCUT2D eigenvalue weighted by Gasteiger charge is 2.23. The Labute approximate surface area is 206 Å². The summed E-state index contributed by atoms with van der Waals surface area (Å²) in [5.41, 5.74) is 4.06. The second kappa shape index (κ2) is 10.9. The summed E-state index contributed by atoms with van der Waals surface area (Å²) in [5.74, 6) is -0.224. The molecule has 0 saturated carbocycles. The van der Waals surface area contributed by atoms with Crippen LogP contribution in [0.1, 0.15) is 10.4 Å². The molecule has 0 bridgehead atoms. The van der Waals surface area contributed by atoms with E-state index in [0.717, 1.165) is 22.4 Å². The van der Waals surface area contributed by atoms with Crippen molar-refractivity contribution in [1.29, 1.82) is 0 Å². The van der Waals surface area contributed by atoms with E-state index in [2.05, 4.69) is 20.6 Å². The van der Waals surface area contributed by atoms with E-state index in [1.54, 1.807) is 36.3 Å². The second-order valence-electron chi connectivity index (χ2n) is 7.74. The minimum atomic E-state index is -0.870. The first-order valence-electron chi connectivity index (χ1n) is 10.8. The van der Waals surface area contributed by atoms with Crippen LogP contribution in [0.5, 0.6) is 5.88 Å². The van der Waals surface area contributed by atoms with E-state index >= 15 is 0 Å². The largest absolute Gasteiger partial charge is 0.481 e. The van der Waals surface area contributed by atoms with Gasteiger partial charge in [0.05, 0.1) is 25.0 Å². The number of anilines is 1. The molecule has 3 aromatic heterocycles. The Bertz CT molecular complexity index is 1330. The molecular formula is C25H25N5O4S. The zero-order valence-corrected chi connectivity index (χ0v) is 20.3. The van der Waals surface area contributed by atoms with E-state index < -0.39 is 11.9 Å². The van der Waals surface area contributed by atoms with Gasteiger partial charge in [0, 0.05) is 49.8 Å². The minimum absolute atomic E-state index is 0.0279. The van der Waals surface area contributed by atoms with E-state index in [1.165, 1.54) is 18.4 Å². The van der Waals surface area contributed by atoms with Crippen LogP contribution in [-0.4, -0.2) is 53.2 Å². The number of hydrogen-bond acceptors (Lipinski definition) is 7. The lowest BCUT2D eigenvalue weighted by molar-refractivity contribution is -0.119. The summed E-state index contributed by atoms with van der Waals surface area (Å²) in [7, 11) is 4.87. The van der Waals surface area contributed by atoms with E-state index in [0.29, 0.717) is 16.6 Å². The molecule has 35 heavy (non-hydrogen) atoms. The van der Waals surface area contributed by atoms with Crippen molar-refractivity contribution in [2.24, 2.45) is 7.05 Å². The lowest BCUT2D eigenvalue weighted by atomic mass is 10.0. The first kappa shape index (κ1) is 24.1. The summed E-state index contributed by atoms with van der Waals surface area (Å²) >= 11 is 1.30. The molecule has 0 aliphatic carbocycles. The Morgan fingerprint density at radius 2 is 1.91 bits per heavy atom. The summed E-state index contributed by atoms with van der Waals surface area (Å²) in [6.45, 7) is 0.0279. The molecule has 0 radical (unpaired) electrons. The number of amides is 2. The third kappa shape index (κ3) is 5.92. The van der Waals surface area contributed by atoms with E-state index in [-0.39, 0.29) is 12.5 Å². The van der Waals surface area contributed by atoms with Gasteiger partial charge in [-0.05, 0) is 29.3 Å². The maximum absolute atomic E-state index is 12.9. The zero-order valence-electron chi connectivity index (χ0n) is 19.5. The molecule has 2 amide bonds. The molecule has 4 aromatic rings. The minimum Gasteiger partial charge on any atom is -0.481 e. The van der Waals surface area contributed by atoms with Gasteiger partial charge in [-0.3, -0.25) is 9.59 Å². The van der Waals surface area contributed by atoms with Gasteiger partial charge in [0.1, 0.15) is 6.04 Å². The summed E-state index contributed by atoms with van der Waals surface area (Å²) in [4.78, 5) is 34.1. The van der Waals surface area contributed by atoms with Gasteiger partial charge in [-0.1, -0.05) is 18.2 Å². The number of carbonyl (C=O) groups excluding carboxylic acids is 2. The lowest BCUT2D eigenvalue weighted by Gasteiger charge is -2.16. The van der Waals surface area contributed by atoms with Crippen LogP contribution in [0, 0.1) is 0 Å². The number of hydrogen-bond donors (Lipinski definition) is 2. The Hall–Kier alpha value is -4.02. The predicted octanol–water partition coefficient (Wildman–Crippen LogP) is 3.60. The van der Waals surface area contributed by atoms with E-state index in [9.17, 15) is 9.59 Å². The van der Waals surface area contributed by atoms with Crippen molar-refractivity contribution in [1.82, 2.24) is 19.9 Å². The van der Waals surface area contributed by atoms with Gasteiger partial charge >= 0.3 is 0 Å². The number of aryl methyl sites for hydroxylation is 1. The van der Waals surface area contributed by atoms with Gasteiger partial charge in [-0.2, -0.15) is 0 Å². The number of ether oxygens (including phenoxy) is 2. The predicted molar refractivity (Wildman–Crippen MR) is 135 cm³/mol. The summed E-state index contributed by atoms with van der Waals surface area (Å²) < 4.78 is 12.1. The van der Waals surface area contributed by atoms with Gasteiger partial charge < -0.3 is 24.7 Å². The van der Waals surface area contributed by atoms with Gasteiger partial charge in [-0.25, -0.2) is 9.97 Å². The molecule has 10 heteroatoms. The molecule has 3 heterocycles. The molecule has 1 unspecified atom stereocenters. The van der Waals surface area contributed by atoms with Crippen molar-refractivity contribution in [2.75, 3.05) is 26.1 Å². The van der Waals surface area contributed by atoms with Gasteiger partial charge in [0.15, 0.2) is 5.13 Å². The molecular weight excluding hydrogens is 466 g/mol. The normalized spacial score (nSPS) is 11.6. The Kier molecular flexibility index (Phi) is 7.54. The van der Waals surface area contributed by atoms with Gasteiger partial charge in [-0.15, -0.1) is 11.3 Å². The van der Waals surface area contributed by atoms with E-state index in [1.807, 2.05) is 48.8 Å². The van der Waals surface area contributed by atoms with Crippen LogP contribution < -0.4 is 15.4 Å². The fourth-order valence-corrected chi connectivity index (χ4v) is 4.17. The highest BCUT2D eigenvalue weighted by Crippen LogP contribution is 2.29. The molecule has 0 fully saturated rings. The molecule has 4 rings (SSSR count). The molecule has 9 nitrogen and oxygen atoms in total. The highest BCUT2D eigenvalue weighted by atomic mass is 32.1. The second-order valence-corrected chi connectivity index (χ2v) is 8.60. The summed E-state index contributed by atoms with van der Waals surface area (Å²) in [6, 6.07) is 12.5. The van der Waals surface area contributed by atoms with Crippen LogP contribution in [0.4, 0.5) is 5.13 Å². The molecule has 2 N–H and O–H groups in total. The lowest BCUT2D eigenvalue weighted by Crippen LogP contribution is -2.46. The summed E-state index contributed by atoms with van der Waals surface area (Å²) in [6.07, 6.45) is 5.14. The number of aromatic nitrogens is 3. The fourth-order valence-electron chi connectivity index (χ4n) is 3.44. The number of thiazole rings is 1. The topological polar surface area (TPSA) is 107 Å². The van der Waals surface area contributed by atoms with Crippen molar-refractivity contribution in [3.63, 3.8) is 0 Å². The number of nitrogens with one attached hydrogen (secondary N) is 2. The van der Waals surface area contributed by atoms with Crippen molar-refractivity contribution in [2.45, 2.75) is 6.04 Å². The average Bonchev–Trinajstić information content (AvgIpc) is 3.53. The van der Waals surface area contributed by atoms with Gasteiger partial charge in [0.25, 0.3) is 11.8 Å². The molecule has 0 aliphatic rings. The average molecular weight is 492 g/mol. The van der Waals surface area contributed by atoms with Crippen LogP contribution in [0.2, 0.25) is 0 Å². The number of rotatable bonds is 9. The van der Waals surface area contributed by atoms with Crippen molar-refractivity contribution < 1.29 is 19.1 Å². The maximum Gasteiger partial charge on any atom is 0.253 e. The Morgan fingerprint density at radius 3 is 2.66 bits per heavy atom. The number of benzene rings is 1. The molecule has 0 aliphatic heterocycles. The highest BCUT2D eigenvalue weighted by molar-refractivity contribution is 7.14.